The smallest absolute Gasteiger partial charge is 0.0682 e. The van der Waals surface area contributed by atoms with Gasteiger partial charge in [-0.3, -0.25) is 4.98 Å². The Morgan fingerprint density at radius 2 is 1.95 bits per heavy atom. The van der Waals surface area contributed by atoms with E-state index >= 15 is 0 Å². The van der Waals surface area contributed by atoms with E-state index in [1.807, 2.05) is 18.5 Å². The largest absolute Gasteiger partial charge is 0.363 e. The Kier molecular flexibility index (Phi) is 5.76. The van der Waals surface area contributed by atoms with Crippen LogP contribution >= 0.6 is 0 Å². The van der Waals surface area contributed by atoms with Crippen LogP contribution < -0.4 is 10.6 Å². The molecule has 0 saturated carbocycles. The molecule has 1 heterocycles. The van der Waals surface area contributed by atoms with E-state index in [1.54, 1.807) is 0 Å². The van der Waals surface area contributed by atoms with Gasteiger partial charge in [0.25, 0.3) is 0 Å². The van der Waals surface area contributed by atoms with Gasteiger partial charge in [0.05, 0.1) is 6.04 Å². The maximum atomic E-state index is 6.11. The van der Waals surface area contributed by atoms with Gasteiger partial charge in [0.1, 0.15) is 0 Å². The lowest BCUT2D eigenvalue weighted by molar-refractivity contribution is 0.601. The maximum Gasteiger partial charge on any atom is 0.0682 e. The Balaban J connectivity index is 2.36. The molecule has 3 nitrogen and oxygen atoms in total. The summed E-state index contributed by atoms with van der Waals surface area (Å²) in [5, 5.41) is 0. The topological polar surface area (TPSA) is 42.1 Å². The van der Waals surface area contributed by atoms with Gasteiger partial charge in [-0.25, -0.2) is 0 Å². The van der Waals surface area contributed by atoms with Crippen molar-refractivity contribution >= 4 is 5.69 Å². The van der Waals surface area contributed by atoms with E-state index in [2.05, 4.69) is 54.1 Å². The molecule has 0 radical (unpaired) electrons. The number of nitrogens with zero attached hydrogens (tertiary/aromatic N) is 2. The van der Waals surface area contributed by atoms with Crippen LogP contribution in [0.3, 0.4) is 0 Å². The summed E-state index contributed by atoms with van der Waals surface area (Å²) in [5.41, 5.74) is 9.81. The van der Waals surface area contributed by atoms with Gasteiger partial charge in [-0.2, -0.15) is 0 Å². The number of hydrogen-bond donors (Lipinski definition) is 1. The average molecular weight is 283 g/mol. The van der Waals surface area contributed by atoms with Gasteiger partial charge < -0.3 is 10.6 Å². The lowest BCUT2D eigenvalue weighted by Crippen LogP contribution is -2.35. The van der Waals surface area contributed by atoms with Crippen molar-refractivity contribution in [3.63, 3.8) is 0 Å². The molecule has 2 rings (SSSR count). The maximum absolute atomic E-state index is 6.11. The molecule has 0 fully saturated rings. The molecule has 2 aromatic rings. The summed E-state index contributed by atoms with van der Waals surface area (Å²) in [5.74, 6) is 0. The monoisotopic (exact) mass is 283 g/mol. The van der Waals surface area contributed by atoms with Crippen molar-refractivity contribution in [2.45, 2.75) is 32.7 Å². The molecule has 0 spiro atoms. The molecule has 0 amide bonds. The number of rotatable bonds is 7. The summed E-state index contributed by atoms with van der Waals surface area (Å²) in [6.07, 6.45) is 6.12. The Bertz CT molecular complexity index is 539. The van der Waals surface area contributed by atoms with Crippen LogP contribution in [0.25, 0.3) is 0 Å². The fourth-order valence-corrected chi connectivity index (χ4v) is 2.66. The normalized spacial score (nSPS) is 12.1. The summed E-state index contributed by atoms with van der Waals surface area (Å²) in [6, 6.07) is 12.8. The van der Waals surface area contributed by atoms with Gasteiger partial charge in [-0.15, -0.1) is 0 Å². The summed E-state index contributed by atoms with van der Waals surface area (Å²) in [7, 11) is 0. The summed E-state index contributed by atoms with van der Waals surface area (Å²) < 4.78 is 0. The highest BCUT2D eigenvalue weighted by Gasteiger charge is 2.20. The predicted molar refractivity (Wildman–Crippen MR) is 89.5 cm³/mol. The molecule has 0 saturated heterocycles. The molecule has 1 unspecified atom stereocenters. The molecular weight excluding hydrogens is 258 g/mol. The zero-order chi connectivity index (χ0) is 15.1. The van der Waals surface area contributed by atoms with Crippen molar-refractivity contribution in [2.75, 3.05) is 18.0 Å². The first-order valence-electron chi connectivity index (χ1n) is 7.70. The van der Waals surface area contributed by atoms with Crippen LogP contribution in [0.15, 0.2) is 48.8 Å². The molecule has 112 valence electrons. The lowest BCUT2D eigenvalue weighted by atomic mass is 10.0. The Morgan fingerprint density at radius 3 is 2.57 bits per heavy atom. The van der Waals surface area contributed by atoms with Crippen LogP contribution in [0.2, 0.25) is 0 Å². The lowest BCUT2D eigenvalue weighted by Gasteiger charge is -2.34. The Hall–Kier alpha value is -1.87. The molecule has 1 atom stereocenters. The van der Waals surface area contributed by atoms with Crippen molar-refractivity contribution in [2.24, 2.45) is 5.73 Å². The number of pyridine rings is 1. The standard InChI is InChI=1S/C18H25N3/c1-3-4-12-21(16-8-6-5-7-9-16)18(13-19)17-14-20-11-10-15(17)2/h5-11,14,18H,3-4,12-13,19H2,1-2H3. The van der Waals surface area contributed by atoms with Crippen LogP contribution in [0.1, 0.15) is 36.9 Å². The molecule has 0 aliphatic heterocycles. The first-order chi connectivity index (χ1) is 10.3. The van der Waals surface area contributed by atoms with Crippen molar-refractivity contribution in [3.8, 4) is 0 Å². The van der Waals surface area contributed by atoms with Gasteiger partial charge in [0.15, 0.2) is 0 Å². The number of nitrogens with two attached hydrogens (primary N) is 1. The van der Waals surface area contributed by atoms with E-state index in [0.717, 1.165) is 13.0 Å². The summed E-state index contributed by atoms with van der Waals surface area (Å²) in [6.45, 7) is 5.94. The van der Waals surface area contributed by atoms with Crippen LogP contribution in [-0.4, -0.2) is 18.1 Å². The van der Waals surface area contributed by atoms with Gasteiger partial charge in [0.2, 0.25) is 0 Å². The molecule has 3 heteroatoms. The number of unbranched alkanes of at least 4 members (excludes halogenated alkanes) is 1. The highest BCUT2D eigenvalue weighted by atomic mass is 15.2. The zero-order valence-corrected chi connectivity index (χ0v) is 13.0. The minimum Gasteiger partial charge on any atom is -0.363 e. The SMILES string of the molecule is CCCCN(c1ccccc1)C(CN)c1cnccc1C. The van der Waals surface area contributed by atoms with E-state index in [0.29, 0.717) is 6.54 Å². The van der Waals surface area contributed by atoms with E-state index in [1.165, 1.54) is 23.2 Å². The summed E-state index contributed by atoms with van der Waals surface area (Å²) in [4.78, 5) is 6.70. The van der Waals surface area contributed by atoms with Gasteiger partial charge in [-0.1, -0.05) is 31.5 Å². The molecule has 0 bridgehead atoms. The van der Waals surface area contributed by atoms with Crippen molar-refractivity contribution < 1.29 is 0 Å². The van der Waals surface area contributed by atoms with E-state index < -0.39 is 0 Å². The summed E-state index contributed by atoms with van der Waals surface area (Å²) >= 11 is 0. The van der Waals surface area contributed by atoms with Gasteiger partial charge in [-0.05, 0) is 42.7 Å². The third-order valence-electron chi connectivity index (χ3n) is 3.88. The molecule has 0 aliphatic rings. The Morgan fingerprint density at radius 1 is 1.19 bits per heavy atom. The first kappa shape index (κ1) is 15.5. The third kappa shape index (κ3) is 3.82. The second kappa shape index (κ2) is 7.79. The molecule has 2 N–H and O–H groups in total. The van der Waals surface area contributed by atoms with E-state index in [4.69, 9.17) is 5.73 Å². The highest BCUT2D eigenvalue weighted by molar-refractivity contribution is 5.49. The highest BCUT2D eigenvalue weighted by Crippen LogP contribution is 2.28. The molecule has 1 aromatic carbocycles. The van der Waals surface area contributed by atoms with Crippen LogP contribution in [0, 0.1) is 6.92 Å². The van der Waals surface area contributed by atoms with Crippen molar-refractivity contribution in [3.05, 3.63) is 59.9 Å². The minimum atomic E-state index is 0.174. The zero-order valence-electron chi connectivity index (χ0n) is 13.0. The van der Waals surface area contributed by atoms with Gasteiger partial charge in [0, 0.05) is 31.2 Å². The number of aromatic nitrogens is 1. The van der Waals surface area contributed by atoms with E-state index in [-0.39, 0.29) is 6.04 Å². The fourth-order valence-electron chi connectivity index (χ4n) is 2.66. The minimum absolute atomic E-state index is 0.174. The third-order valence-corrected chi connectivity index (χ3v) is 3.88. The molecule has 21 heavy (non-hydrogen) atoms. The second-order valence-electron chi connectivity index (χ2n) is 5.37. The number of hydrogen-bond acceptors (Lipinski definition) is 3. The molecule has 1 aromatic heterocycles. The van der Waals surface area contributed by atoms with Crippen molar-refractivity contribution in [1.82, 2.24) is 4.98 Å². The predicted octanol–water partition coefficient (Wildman–Crippen LogP) is 3.70. The molecular formula is C18H25N3. The van der Waals surface area contributed by atoms with Crippen molar-refractivity contribution in [1.29, 1.82) is 0 Å². The number of para-hydroxylation sites is 1. The van der Waals surface area contributed by atoms with Crippen LogP contribution in [-0.2, 0) is 0 Å². The molecule has 0 aliphatic carbocycles. The number of aryl methyl sites for hydroxylation is 1. The quantitative estimate of drug-likeness (QED) is 0.842. The Labute approximate surface area is 127 Å². The van der Waals surface area contributed by atoms with Crippen LogP contribution in [0.5, 0.6) is 0 Å². The van der Waals surface area contributed by atoms with Gasteiger partial charge >= 0.3 is 0 Å². The fraction of sp³-hybridized carbons (Fsp3) is 0.389. The number of benzene rings is 1. The second-order valence-corrected chi connectivity index (χ2v) is 5.37. The first-order valence-corrected chi connectivity index (χ1v) is 7.70. The van der Waals surface area contributed by atoms with E-state index in [9.17, 15) is 0 Å². The average Bonchev–Trinajstić information content (AvgIpc) is 2.53. The number of anilines is 1. The van der Waals surface area contributed by atoms with Crippen LogP contribution in [0.4, 0.5) is 5.69 Å².